The van der Waals surface area contributed by atoms with Crippen LogP contribution in [-0.2, 0) is 26.4 Å². The Kier molecular flexibility index (Phi) is 3.25. The highest BCUT2D eigenvalue weighted by atomic mass is 32.2. The lowest BCUT2D eigenvalue weighted by Gasteiger charge is -2.34. The minimum absolute atomic E-state index is 0.0265. The molecule has 1 aliphatic heterocycles. The second kappa shape index (κ2) is 4.32. The Bertz CT molecular complexity index is 537. The van der Waals surface area contributed by atoms with E-state index >= 15 is 0 Å². The zero-order valence-corrected chi connectivity index (χ0v) is 11.8. The van der Waals surface area contributed by atoms with Crippen molar-refractivity contribution >= 4 is 9.84 Å². The van der Waals surface area contributed by atoms with E-state index in [0.717, 1.165) is 6.26 Å². The van der Waals surface area contributed by atoms with Gasteiger partial charge in [-0.1, -0.05) is 13.8 Å². The fourth-order valence-electron chi connectivity index (χ4n) is 1.69. The molecule has 0 unspecified atom stereocenters. The first-order valence-corrected chi connectivity index (χ1v) is 7.55. The number of nitrogens with zero attached hydrogens (tertiary/aromatic N) is 2. The van der Waals surface area contributed by atoms with Gasteiger partial charge < -0.3 is 14.0 Å². The standard InChI is InChI=1S/C11H18N2O4S/c1-11(2)6-16-10(17-7-11)9-12-8(5-13(9)3)18(4,14)15/h5,10H,6-7H2,1-4H3. The van der Waals surface area contributed by atoms with Crippen LogP contribution in [0, 0.1) is 5.41 Å². The van der Waals surface area contributed by atoms with Gasteiger partial charge in [0.2, 0.25) is 6.29 Å². The van der Waals surface area contributed by atoms with Crippen molar-refractivity contribution in [1.82, 2.24) is 9.55 Å². The summed E-state index contributed by atoms with van der Waals surface area (Å²) < 4.78 is 35.6. The molecule has 0 N–H and O–H groups in total. The summed E-state index contributed by atoms with van der Waals surface area (Å²) in [5.41, 5.74) is -0.0265. The largest absolute Gasteiger partial charge is 0.345 e. The van der Waals surface area contributed by atoms with Crippen molar-refractivity contribution in [2.75, 3.05) is 19.5 Å². The van der Waals surface area contributed by atoms with Gasteiger partial charge in [0.05, 0.1) is 13.2 Å². The molecular formula is C11H18N2O4S. The molecular weight excluding hydrogens is 256 g/mol. The molecule has 7 heteroatoms. The van der Waals surface area contributed by atoms with Gasteiger partial charge in [-0.2, -0.15) is 0 Å². The van der Waals surface area contributed by atoms with Gasteiger partial charge in [0.25, 0.3) is 0 Å². The number of sulfone groups is 1. The van der Waals surface area contributed by atoms with E-state index in [-0.39, 0.29) is 10.4 Å². The Morgan fingerprint density at radius 3 is 2.39 bits per heavy atom. The molecule has 0 aromatic carbocycles. The second-order valence-electron chi connectivity index (χ2n) is 5.44. The summed E-state index contributed by atoms with van der Waals surface area (Å²) >= 11 is 0. The Balaban J connectivity index is 2.23. The predicted molar refractivity (Wildman–Crippen MR) is 64.7 cm³/mol. The van der Waals surface area contributed by atoms with Crippen LogP contribution >= 0.6 is 0 Å². The first-order valence-electron chi connectivity index (χ1n) is 5.66. The van der Waals surface area contributed by atoms with Gasteiger partial charge in [-0.25, -0.2) is 13.4 Å². The molecule has 1 aromatic rings. The molecule has 6 nitrogen and oxygen atoms in total. The van der Waals surface area contributed by atoms with E-state index in [1.807, 2.05) is 13.8 Å². The lowest BCUT2D eigenvalue weighted by molar-refractivity contribution is -0.230. The van der Waals surface area contributed by atoms with Gasteiger partial charge in [0.15, 0.2) is 20.7 Å². The van der Waals surface area contributed by atoms with Crippen LogP contribution in [0.2, 0.25) is 0 Å². The van der Waals surface area contributed by atoms with Crippen LogP contribution in [0.3, 0.4) is 0 Å². The molecule has 1 saturated heterocycles. The number of aromatic nitrogens is 2. The molecule has 1 aromatic heterocycles. The minimum Gasteiger partial charge on any atom is -0.345 e. The molecule has 2 rings (SSSR count). The number of hydrogen-bond acceptors (Lipinski definition) is 5. The first-order chi connectivity index (χ1) is 8.19. The van der Waals surface area contributed by atoms with E-state index in [1.54, 1.807) is 11.6 Å². The van der Waals surface area contributed by atoms with Gasteiger partial charge in [-0.05, 0) is 0 Å². The molecule has 0 saturated carbocycles. The highest BCUT2D eigenvalue weighted by Gasteiger charge is 2.32. The molecule has 1 fully saturated rings. The summed E-state index contributed by atoms with van der Waals surface area (Å²) in [5.74, 6) is 0.478. The Labute approximate surface area is 107 Å². The molecule has 0 spiro atoms. The average Bonchev–Trinajstić information content (AvgIpc) is 2.60. The number of hydrogen-bond donors (Lipinski definition) is 0. The van der Waals surface area contributed by atoms with Crippen LogP contribution in [0.4, 0.5) is 0 Å². The van der Waals surface area contributed by atoms with Crippen LogP contribution in [0.25, 0.3) is 0 Å². The molecule has 1 aliphatic rings. The maximum atomic E-state index is 11.4. The molecule has 0 radical (unpaired) electrons. The smallest absolute Gasteiger partial charge is 0.217 e. The fourth-order valence-corrected chi connectivity index (χ4v) is 2.30. The Morgan fingerprint density at radius 1 is 1.39 bits per heavy atom. The van der Waals surface area contributed by atoms with Gasteiger partial charge in [-0.3, -0.25) is 0 Å². The highest BCUT2D eigenvalue weighted by molar-refractivity contribution is 7.90. The zero-order valence-electron chi connectivity index (χ0n) is 11.0. The summed E-state index contributed by atoms with van der Waals surface area (Å²) in [6.07, 6.45) is 2.00. The third-order valence-corrected chi connectivity index (χ3v) is 3.69. The van der Waals surface area contributed by atoms with E-state index in [2.05, 4.69) is 4.98 Å². The van der Waals surface area contributed by atoms with Crippen LogP contribution in [0.15, 0.2) is 11.2 Å². The van der Waals surface area contributed by atoms with Crippen LogP contribution in [0.1, 0.15) is 26.0 Å². The van der Waals surface area contributed by atoms with Crippen molar-refractivity contribution in [3.8, 4) is 0 Å². The van der Waals surface area contributed by atoms with Crippen LogP contribution in [-0.4, -0.2) is 37.4 Å². The summed E-state index contributed by atoms with van der Waals surface area (Å²) in [5, 5.41) is 0.0389. The third-order valence-electron chi connectivity index (χ3n) is 2.73. The molecule has 0 amide bonds. The van der Waals surface area contributed by atoms with Gasteiger partial charge in [0.1, 0.15) is 0 Å². The van der Waals surface area contributed by atoms with Crippen molar-refractivity contribution in [1.29, 1.82) is 0 Å². The normalized spacial score (nSPS) is 21.1. The number of imidazole rings is 1. The van der Waals surface area contributed by atoms with Gasteiger partial charge in [0, 0.05) is 24.9 Å². The summed E-state index contributed by atoms with van der Waals surface area (Å²) in [6.45, 7) is 5.20. The van der Waals surface area contributed by atoms with Crippen molar-refractivity contribution in [3.63, 3.8) is 0 Å². The van der Waals surface area contributed by atoms with Crippen molar-refractivity contribution in [3.05, 3.63) is 12.0 Å². The zero-order chi connectivity index (χ0) is 13.6. The molecule has 18 heavy (non-hydrogen) atoms. The van der Waals surface area contributed by atoms with Crippen molar-refractivity contribution < 1.29 is 17.9 Å². The SMILES string of the molecule is Cn1cc(S(C)(=O)=O)nc1C1OCC(C)(C)CO1. The number of ether oxygens (including phenoxy) is 2. The lowest BCUT2D eigenvalue weighted by Crippen LogP contribution is -2.34. The van der Waals surface area contributed by atoms with Crippen molar-refractivity contribution in [2.24, 2.45) is 12.5 Å². The van der Waals surface area contributed by atoms with E-state index in [4.69, 9.17) is 9.47 Å². The topological polar surface area (TPSA) is 70.4 Å². The Hall–Kier alpha value is -0.920. The van der Waals surface area contributed by atoms with E-state index in [1.165, 1.54) is 6.20 Å². The lowest BCUT2D eigenvalue weighted by atomic mass is 9.96. The average molecular weight is 274 g/mol. The van der Waals surface area contributed by atoms with Crippen molar-refractivity contribution in [2.45, 2.75) is 25.2 Å². The summed E-state index contributed by atoms with van der Waals surface area (Å²) in [7, 11) is -1.58. The molecule has 2 heterocycles. The third kappa shape index (κ3) is 2.73. The maximum absolute atomic E-state index is 11.4. The monoisotopic (exact) mass is 274 g/mol. The van der Waals surface area contributed by atoms with Crippen LogP contribution < -0.4 is 0 Å². The predicted octanol–water partition coefficient (Wildman–Crippen LogP) is 0.895. The van der Waals surface area contributed by atoms with E-state index in [9.17, 15) is 8.42 Å². The minimum atomic E-state index is -3.31. The second-order valence-corrected chi connectivity index (χ2v) is 7.40. The van der Waals surface area contributed by atoms with Gasteiger partial charge >= 0.3 is 0 Å². The van der Waals surface area contributed by atoms with Crippen LogP contribution in [0.5, 0.6) is 0 Å². The Morgan fingerprint density at radius 2 is 1.94 bits per heavy atom. The van der Waals surface area contributed by atoms with Gasteiger partial charge in [-0.15, -0.1) is 0 Å². The fraction of sp³-hybridized carbons (Fsp3) is 0.727. The maximum Gasteiger partial charge on any atom is 0.217 e. The van der Waals surface area contributed by atoms with E-state index < -0.39 is 16.1 Å². The molecule has 102 valence electrons. The molecule has 0 bridgehead atoms. The summed E-state index contributed by atoms with van der Waals surface area (Å²) in [6, 6.07) is 0. The molecule has 0 aliphatic carbocycles. The van der Waals surface area contributed by atoms with E-state index in [0.29, 0.717) is 19.0 Å². The first kappa shape index (κ1) is 13.5. The highest BCUT2D eigenvalue weighted by Crippen LogP contribution is 2.30. The quantitative estimate of drug-likeness (QED) is 0.801. The number of rotatable bonds is 2. The molecule has 0 atom stereocenters. The summed E-state index contributed by atoms with van der Waals surface area (Å²) in [4.78, 5) is 4.08. The number of aryl methyl sites for hydroxylation is 1.